The molecule has 0 bridgehead atoms. The number of unbranched alkanes of at least 4 members (excludes halogenated alkanes) is 14. The third-order valence-electron chi connectivity index (χ3n) is 11.6. The number of allylic oxidation sites excluding steroid dienone is 8. The lowest BCUT2D eigenvalue weighted by Gasteiger charge is -2.21. The highest BCUT2D eigenvalue weighted by Gasteiger charge is 2.46. The quantitative estimate of drug-likeness (QED) is 0.0117. The van der Waals surface area contributed by atoms with Gasteiger partial charge in [0.15, 0.2) is 12.3 Å². The fourth-order valence-electron chi connectivity index (χ4n) is 7.55. The van der Waals surface area contributed by atoms with E-state index in [1.807, 2.05) is 61.6 Å². The molecule has 0 radical (unpaired) electrons. The van der Waals surface area contributed by atoms with E-state index in [4.69, 9.17) is 29.0 Å². The van der Waals surface area contributed by atoms with Gasteiger partial charge in [0, 0.05) is 19.0 Å². The first-order valence-electron chi connectivity index (χ1n) is 26.3. The number of rotatable bonds is 42. The summed E-state index contributed by atoms with van der Waals surface area (Å²) in [6, 6.07) is 1.24. The number of nitrogens with zero attached hydrogens (tertiary/aromatic N) is 2. The van der Waals surface area contributed by atoms with Crippen LogP contribution in [0.15, 0.2) is 77.8 Å². The van der Waals surface area contributed by atoms with Crippen molar-refractivity contribution in [2.45, 2.75) is 205 Å². The minimum absolute atomic E-state index is 0.0470. The first-order chi connectivity index (χ1) is 34.9. The number of esters is 2. The Labute approximate surface area is 433 Å². The molecule has 0 spiro atoms. The number of hydrogen-bond acceptors (Lipinski definition) is 16. The highest BCUT2D eigenvalue weighted by Crippen LogP contribution is 2.60. The Balaban J connectivity index is 1.82. The Morgan fingerprint density at radius 3 is 1.97 bits per heavy atom. The van der Waals surface area contributed by atoms with E-state index in [1.54, 1.807) is 6.08 Å². The normalized spacial score (nSPS) is 20.0. The first kappa shape index (κ1) is 65.5. The van der Waals surface area contributed by atoms with Gasteiger partial charge in [-0.05, 0) is 56.9 Å². The number of ether oxygens (including phenoxy) is 3. The Bertz CT molecular complexity index is 1990. The fraction of sp³-hybridized carbons (Fsp3) is 0.692. The van der Waals surface area contributed by atoms with E-state index in [9.17, 15) is 48.6 Å². The van der Waals surface area contributed by atoms with Gasteiger partial charge in [-0.2, -0.15) is 9.29 Å². The third kappa shape index (κ3) is 32.5. The molecular weight excluding hydrogens is 985 g/mol. The zero-order valence-corrected chi connectivity index (χ0v) is 45.2. The third-order valence-corrected chi connectivity index (χ3v) is 14.2. The molecule has 1 aromatic rings. The minimum atomic E-state index is -5.45. The van der Waals surface area contributed by atoms with Crippen molar-refractivity contribution in [1.29, 1.82) is 0 Å². The van der Waals surface area contributed by atoms with Crippen LogP contribution in [0.25, 0.3) is 0 Å². The molecule has 7 N–H and O–H groups in total. The molecule has 0 aromatic carbocycles. The van der Waals surface area contributed by atoms with Crippen molar-refractivity contribution in [1.82, 2.24) is 9.55 Å². The number of carbonyl (C=O) groups is 2. The molecule has 416 valence electrons. The van der Waals surface area contributed by atoms with Crippen LogP contribution in [-0.4, -0.2) is 96.9 Å². The topological polar surface area (TPSA) is 286 Å². The van der Waals surface area contributed by atoms with E-state index < -0.39 is 89.8 Å². The number of phosphoric acid groups is 2. The molecule has 1 aliphatic rings. The molecule has 1 saturated heterocycles. The van der Waals surface area contributed by atoms with Gasteiger partial charge in [0.05, 0.1) is 19.3 Å². The first-order valence-corrected chi connectivity index (χ1v) is 29.3. The molecular formula is C52H87N3O16P2. The zero-order valence-electron chi connectivity index (χ0n) is 43.4. The Kier molecular flexibility index (Phi) is 34.9. The Morgan fingerprint density at radius 1 is 0.767 bits per heavy atom. The monoisotopic (exact) mass is 1070 g/mol. The summed E-state index contributed by atoms with van der Waals surface area (Å²) in [7, 11) is -10.9. The number of carbonyl (C=O) groups excluding carboxylic acids is 2. The summed E-state index contributed by atoms with van der Waals surface area (Å²) in [6.07, 6.45) is 33.7. The van der Waals surface area contributed by atoms with E-state index in [1.165, 1.54) is 70.3 Å². The van der Waals surface area contributed by atoms with Crippen molar-refractivity contribution in [3.8, 4) is 0 Å². The molecule has 21 heteroatoms. The lowest BCUT2D eigenvalue weighted by molar-refractivity contribution is -0.161. The predicted molar refractivity (Wildman–Crippen MR) is 281 cm³/mol. The summed E-state index contributed by atoms with van der Waals surface area (Å²) < 4.78 is 56.7. The molecule has 0 aliphatic carbocycles. The number of anilines is 1. The summed E-state index contributed by atoms with van der Waals surface area (Å²) in [4.78, 5) is 61.9. The van der Waals surface area contributed by atoms with Gasteiger partial charge in [0.1, 0.15) is 30.7 Å². The molecule has 2 rings (SSSR count). The summed E-state index contributed by atoms with van der Waals surface area (Å²) in [5.74, 6) is -0.602. The van der Waals surface area contributed by atoms with Gasteiger partial charge in [0.2, 0.25) is 0 Å². The predicted octanol–water partition coefficient (Wildman–Crippen LogP) is 9.94. The van der Waals surface area contributed by atoms with E-state index in [-0.39, 0.29) is 18.7 Å². The number of nitrogens with two attached hydrogens (primary N) is 1. The molecule has 0 saturated carbocycles. The van der Waals surface area contributed by atoms with E-state index in [2.05, 4.69) is 23.1 Å². The van der Waals surface area contributed by atoms with Crippen molar-refractivity contribution in [2.24, 2.45) is 5.92 Å². The molecule has 3 unspecified atom stereocenters. The zero-order chi connectivity index (χ0) is 53.7. The number of hydrogen-bond donors (Lipinski definition) is 6. The molecule has 73 heavy (non-hydrogen) atoms. The van der Waals surface area contributed by atoms with E-state index in [0.29, 0.717) is 32.1 Å². The lowest BCUT2D eigenvalue weighted by Crippen LogP contribution is -2.36. The van der Waals surface area contributed by atoms with Crippen LogP contribution in [0.2, 0.25) is 0 Å². The average Bonchev–Trinajstić information content (AvgIpc) is 3.61. The minimum Gasteiger partial charge on any atom is -0.462 e. The molecule has 1 fully saturated rings. The highest BCUT2D eigenvalue weighted by molar-refractivity contribution is 7.61. The van der Waals surface area contributed by atoms with E-state index in [0.717, 1.165) is 55.2 Å². The molecule has 0 amide bonds. The maximum Gasteiger partial charge on any atom is 0.481 e. The van der Waals surface area contributed by atoms with E-state index >= 15 is 0 Å². The molecule has 8 atom stereocenters. The number of aliphatic hydroxyl groups excluding tert-OH is 3. The molecule has 2 heterocycles. The summed E-state index contributed by atoms with van der Waals surface area (Å²) in [5, 5.41) is 30.7. The van der Waals surface area contributed by atoms with Crippen molar-refractivity contribution in [2.75, 3.05) is 25.6 Å². The van der Waals surface area contributed by atoms with Gasteiger partial charge in [-0.3, -0.25) is 23.2 Å². The lowest BCUT2D eigenvalue weighted by atomic mass is 10.0. The van der Waals surface area contributed by atoms with Crippen LogP contribution in [0.5, 0.6) is 0 Å². The summed E-state index contributed by atoms with van der Waals surface area (Å²) in [5.41, 5.74) is 4.58. The SMILES string of the molecule is CC/C=C\C(O)C/C=C/C=C\C/C=C\C/C=C\CCCC(=O)O[C@H](COC(=O)CCCCCCCCCCCCCCCCC(C)C)COP(=O)(O)OP(=O)(O)OC[C@H]1O[C@@H](n2ccc(N)nc2=O)[C@H](O)[C@@H]1O. The smallest absolute Gasteiger partial charge is 0.462 e. The average molecular weight is 1070 g/mol. The van der Waals surface area contributed by atoms with Gasteiger partial charge in [-0.25, -0.2) is 13.9 Å². The van der Waals surface area contributed by atoms with Crippen molar-refractivity contribution >= 4 is 33.4 Å². The van der Waals surface area contributed by atoms with Crippen molar-refractivity contribution in [3.63, 3.8) is 0 Å². The number of aromatic nitrogens is 2. The van der Waals surface area contributed by atoms with Crippen LogP contribution >= 0.6 is 15.6 Å². The number of nitrogen functional groups attached to an aromatic ring is 1. The Hall–Kier alpha value is -3.58. The van der Waals surface area contributed by atoms with Crippen LogP contribution in [-0.2, 0) is 46.3 Å². The van der Waals surface area contributed by atoms with Crippen molar-refractivity contribution in [3.05, 3.63) is 83.5 Å². The maximum atomic E-state index is 12.9. The largest absolute Gasteiger partial charge is 0.481 e. The van der Waals surface area contributed by atoms with Gasteiger partial charge in [0.25, 0.3) is 0 Å². The summed E-state index contributed by atoms with van der Waals surface area (Å²) in [6.45, 7) is 4.19. The Morgan fingerprint density at radius 2 is 1.34 bits per heavy atom. The van der Waals surface area contributed by atoms with Crippen LogP contribution < -0.4 is 11.4 Å². The maximum absolute atomic E-state index is 12.9. The van der Waals surface area contributed by atoms with Crippen LogP contribution in [0.4, 0.5) is 5.82 Å². The highest BCUT2D eigenvalue weighted by atomic mass is 31.3. The number of phosphoric ester groups is 2. The summed E-state index contributed by atoms with van der Waals surface area (Å²) >= 11 is 0. The van der Waals surface area contributed by atoms with Crippen LogP contribution in [0, 0.1) is 5.92 Å². The van der Waals surface area contributed by atoms with Crippen molar-refractivity contribution < 1.29 is 71.4 Å². The second-order valence-electron chi connectivity index (χ2n) is 18.7. The molecule has 19 nitrogen and oxygen atoms in total. The second kappa shape index (κ2) is 38.9. The van der Waals surface area contributed by atoms with Crippen LogP contribution in [0.1, 0.15) is 175 Å². The fourth-order valence-corrected chi connectivity index (χ4v) is 9.66. The second-order valence-corrected chi connectivity index (χ2v) is 21.7. The van der Waals surface area contributed by atoms with Gasteiger partial charge in [-0.1, -0.05) is 171 Å². The standard InChI is InChI=1S/C52H87N3O16P2/c1-4-5-33-43(56)34-29-25-21-17-13-10-11-15-19-23-27-31-36-48(58)69-44(39-66-47(57)35-30-26-22-18-14-9-7-6-8-12-16-20-24-28-32-42(2)3)40-67-72(62,63)71-73(64,65)68-41-45-49(59)50(60)51(70-45)55-38-37-46(53)54-52(55)61/h5,10-11,17,19,21,23,25,29,33,37-38,42-45,49-51,56,59-60H,4,6-9,12-16,18,20,22,24,26-28,30-32,34-36,39-41H2,1-3H3,(H,62,63)(H,64,65)(H2,53,54,61)/b11-10-,21-17-,23-19-,29-25+,33-5-/t43?,44-,45-,49-,50-,51-/m1/s1. The van der Waals surface area contributed by atoms with Gasteiger partial charge >= 0.3 is 33.3 Å². The molecule has 1 aromatic heterocycles. The van der Waals surface area contributed by atoms with Crippen LogP contribution in [0.3, 0.4) is 0 Å². The number of aliphatic hydroxyl groups is 3. The van der Waals surface area contributed by atoms with Gasteiger partial charge < -0.3 is 45.1 Å². The molecule has 1 aliphatic heterocycles. The van der Waals surface area contributed by atoms with Gasteiger partial charge in [-0.15, -0.1) is 0 Å².